The number of carbonyl (C=O) groups is 1. The molecule has 10 heteroatoms. The molecule has 4 heterocycles. The van der Waals surface area contributed by atoms with Crippen LogP contribution in [0.4, 0.5) is 0 Å². The van der Waals surface area contributed by atoms with Crippen molar-refractivity contribution < 1.29 is 9.90 Å². The third kappa shape index (κ3) is 2.62. The molecule has 25 heavy (non-hydrogen) atoms. The molecule has 0 spiro atoms. The molecular weight excluding hydrogens is 344 g/mol. The summed E-state index contributed by atoms with van der Waals surface area (Å²) >= 11 is 1.45. The lowest BCUT2D eigenvalue weighted by molar-refractivity contribution is 0.0948. The molecule has 4 rings (SSSR count). The van der Waals surface area contributed by atoms with E-state index in [1.165, 1.54) is 29.7 Å². The lowest BCUT2D eigenvalue weighted by atomic mass is 10.3. The Bertz CT molecular complexity index is 1140. The van der Waals surface area contributed by atoms with Crippen molar-refractivity contribution >= 4 is 27.9 Å². The second kappa shape index (κ2) is 5.67. The highest BCUT2D eigenvalue weighted by Crippen LogP contribution is 2.14. The van der Waals surface area contributed by atoms with E-state index in [4.69, 9.17) is 0 Å². The highest BCUT2D eigenvalue weighted by molar-refractivity contribution is 7.16. The predicted octanol–water partition coefficient (Wildman–Crippen LogP) is 0.743. The quantitative estimate of drug-likeness (QED) is 0.560. The number of hydrogen-bond donors (Lipinski definition) is 2. The van der Waals surface area contributed by atoms with Crippen LogP contribution in [0.5, 0.6) is 5.75 Å². The summed E-state index contributed by atoms with van der Waals surface area (Å²) in [7, 11) is 0. The zero-order chi connectivity index (χ0) is 17.6. The van der Waals surface area contributed by atoms with Crippen LogP contribution in [0, 0.1) is 6.92 Å². The van der Waals surface area contributed by atoms with Crippen LogP contribution < -0.4 is 10.9 Å². The average molecular weight is 356 g/mol. The number of fused-ring (bicyclic) bond motifs is 2. The second-order valence-electron chi connectivity index (χ2n) is 5.33. The second-order valence-corrected chi connectivity index (χ2v) is 6.49. The van der Waals surface area contributed by atoms with Crippen LogP contribution in [0.2, 0.25) is 0 Å². The van der Waals surface area contributed by atoms with Gasteiger partial charge in [-0.25, -0.2) is 14.5 Å². The van der Waals surface area contributed by atoms with Crippen LogP contribution in [-0.2, 0) is 6.54 Å². The minimum absolute atomic E-state index is 0.0971. The first kappa shape index (κ1) is 15.3. The van der Waals surface area contributed by atoms with E-state index in [9.17, 15) is 14.7 Å². The number of rotatable bonds is 3. The summed E-state index contributed by atoms with van der Waals surface area (Å²) in [5.74, 6) is -0.692. The summed E-state index contributed by atoms with van der Waals surface area (Å²) < 4.78 is 2.78. The van der Waals surface area contributed by atoms with Crippen LogP contribution in [0.15, 0.2) is 35.5 Å². The van der Waals surface area contributed by atoms with Crippen molar-refractivity contribution in [2.75, 3.05) is 0 Å². The maximum absolute atomic E-state index is 12.4. The number of pyridine rings is 1. The number of aryl methyl sites for hydroxylation is 1. The Morgan fingerprint density at radius 1 is 1.44 bits per heavy atom. The molecule has 0 aromatic carbocycles. The maximum atomic E-state index is 12.4. The number of hydrogen-bond acceptors (Lipinski definition) is 7. The number of nitrogens with one attached hydrogen (secondary N) is 1. The van der Waals surface area contributed by atoms with Gasteiger partial charge in [-0.15, -0.1) is 0 Å². The first-order valence-electron chi connectivity index (χ1n) is 7.32. The van der Waals surface area contributed by atoms with Crippen molar-refractivity contribution in [1.29, 1.82) is 0 Å². The van der Waals surface area contributed by atoms with Crippen LogP contribution in [0.25, 0.3) is 10.6 Å². The molecule has 0 saturated carbocycles. The predicted molar refractivity (Wildman–Crippen MR) is 89.9 cm³/mol. The van der Waals surface area contributed by atoms with Crippen LogP contribution in [-0.4, -0.2) is 35.0 Å². The summed E-state index contributed by atoms with van der Waals surface area (Å²) in [6.45, 7) is 2.05. The minimum atomic E-state index is -0.560. The van der Waals surface area contributed by atoms with Gasteiger partial charge in [-0.2, -0.15) is 5.10 Å². The molecule has 1 amide bonds. The normalized spacial score (nSPS) is 11.2. The molecule has 0 aliphatic rings. The molecule has 4 aromatic heterocycles. The third-order valence-electron chi connectivity index (χ3n) is 3.58. The first-order chi connectivity index (χ1) is 12.0. The highest BCUT2D eigenvalue weighted by Gasteiger charge is 2.15. The van der Waals surface area contributed by atoms with E-state index < -0.39 is 11.5 Å². The number of aromatic nitrogens is 5. The van der Waals surface area contributed by atoms with Gasteiger partial charge in [0, 0.05) is 12.4 Å². The molecule has 0 atom stereocenters. The van der Waals surface area contributed by atoms with Gasteiger partial charge in [-0.3, -0.25) is 14.0 Å². The van der Waals surface area contributed by atoms with Crippen molar-refractivity contribution in [3.63, 3.8) is 0 Å². The largest absolute Gasteiger partial charge is 0.504 e. The average Bonchev–Trinajstić information content (AvgIpc) is 3.10. The number of carbonyl (C=O) groups excluding carboxylic acids is 1. The van der Waals surface area contributed by atoms with Crippen molar-refractivity contribution in [3.05, 3.63) is 57.3 Å². The fourth-order valence-electron chi connectivity index (χ4n) is 2.44. The van der Waals surface area contributed by atoms with Gasteiger partial charge >= 0.3 is 0 Å². The molecule has 0 saturated heterocycles. The van der Waals surface area contributed by atoms with E-state index in [1.54, 1.807) is 10.7 Å². The molecule has 0 unspecified atom stereocenters. The maximum Gasteiger partial charge on any atom is 0.270 e. The molecule has 126 valence electrons. The zero-order valence-electron chi connectivity index (χ0n) is 13.0. The van der Waals surface area contributed by atoms with E-state index >= 15 is 0 Å². The SMILES string of the molecule is Cc1nn2cc(CNC(=O)c3cnc4c(O)cccn4c3=O)nc2s1. The Morgan fingerprint density at radius 3 is 3.08 bits per heavy atom. The summed E-state index contributed by atoms with van der Waals surface area (Å²) in [4.78, 5) is 33.8. The summed E-state index contributed by atoms with van der Waals surface area (Å²) in [6, 6.07) is 2.92. The van der Waals surface area contributed by atoms with Gasteiger partial charge in [0.1, 0.15) is 10.6 Å². The molecule has 9 nitrogen and oxygen atoms in total. The van der Waals surface area contributed by atoms with Crippen molar-refractivity contribution in [3.8, 4) is 5.75 Å². The Morgan fingerprint density at radius 2 is 2.28 bits per heavy atom. The Kier molecular flexibility index (Phi) is 3.46. The van der Waals surface area contributed by atoms with Crippen LogP contribution in [0.3, 0.4) is 0 Å². The number of amides is 1. The number of imidazole rings is 1. The Hall–Kier alpha value is -3.27. The van der Waals surface area contributed by atoms with Gasteiger partial charge in [0.05, 0.1) is 18.4 Å². The molecule has 2 N–H and O–H groups in total. The van der Waals surface area contributed by atoms with Crippen molar-refractivity contribution in [2.45, 2.75) is 13.5 Å². The molecule has 0 fully saturated rings. The molecule has 0 aliphatic carbocycles. The molecule has 0 bridgehead atoms. The van der Waals surface area contributed by atoms with Gasteiger partial charge in [0.25, 0.3) is 11.5 Å². The Labute approximate surface area is 144 Å². The standard InChI is InChI=1S/C15H12N6O3S/c1-8-19-21-7-9(18-15(21)25-8)5-17-13(23)10-6-16-12-11(22)3-2-4-20(12)14(10)24/h2-4,6-7,22H,5H2,1H3,(H,17,23). The zero-order valence-corrected chi connectivity index (χ0v) is 13.8. The van der Waals surface area contributed by atoms with E-state index in [0.717, 1.165) is 20.6 Å². The van der Waals surface area contributed by atoms with E-state index in [1.807, 2.05) is 6.92 Å². The molecule has 0 radical (unpaired) electrons. The first-order valence-corrected chi connectivity index (χ1v) is 8.14. The van der Waals surface area contributed by atoms with E-state index in [-0.39, 0.29) is 23.5 Å². The van der Waals surface area contributed by atoms with Gasteiger partial charge in [0.15, 0.2) is 11.4 Å². The van der Waals surface area contributed by atoms with Crippen LogP contribution in [0.1, 0.15) is 21.1 Å². The van der Waals surface area contributed by atoms with Gasteiger partial charge in [-0.05, 0) is 19.1 Å². The van der Waals surface area contributed by atoms with E-state index in [2.05, 4.69) is 20.4 Å². The molecular formula is C15H12N6O3S. The van der Waals surface area contributed by atoms with Crippen molar-refractivity contribution in [1.82, 2.24) is 29.3 Å². The monoisotopic (exact) mass is 356 g/mol. The molecule has 4 aromatic rings. The van der Waals surface area contributed by atoms with Gasteiger partial charge < -0.3 is 10.4 Å². The fraction of sp³-hybridized carbons (Fsp3) is 0.133. The van der Waals surface area contributed by atoms with Gasteiger partial charge in [0.2, 0.25) is 4.96 Å². The third-order valence-corrected chi connectivity index (χ3v) is 4.42. The fourth-order valence-corrected chi connectivity index (χ4v) is 3.19. The summed E-state index contributed by atoms with van der Waals surface area (Å²) in [5.41, 5.74) is 0.0676. The highest BCUT2D eigenvalue weighted by atomic mass is 32.1. The summed E-state index contributed by atoms with van der Waals surface area (Å²) in [6.07, 6.45) is 4.32. The number of aromatic hydroxyl groups is 1. The van der Waals surface area contributed by atoms with Gasteiger partial charge in [-0.1, -0.05) is 11.3 Å². The van der Waals surface area contributed by atoms with E-state index in [0.29, 0.717) is 5.69 Å². The minimum Gasteiger partial charge on any atom is -0.504 e. The smallest absolute Gasteiger partial charge is 0.270 e. The lowest BCUT2D eigenvalue weighted by Crippen LogP contribution is -2.31. The van der Waals surface area contributed by atoms with Crippen molar-refractivity contribution in [2.24, 2.45) is 0 Å². The summed E-state index contributed by atoms with van der Waals surface area (Å²) in [5, 5.41) is 17.5. The molecule has 0 aliphatic heterocycles. The number of nitrogens with zero attached hydrogens (tertiary/aromatic N) is 5. The van der Waals surface area contributed by atoms with Crippen LogP contribution >= 0.6 is 11.3 Å². The topological polar surface area (TPSA) is 114 Å². The lowest BCUT2D eigenvalue weighted by Gasteiger charge is -2.05. The Balaban J connectivity index is 1.58.